The number of morpholine rings is 1. The molecular formula is C21H26BrClN2O3. The minimum atomic E-state index is 0.381. The molecule has 3 rings (SSSR count). The van der Waals surface area contributed by atoms with E-state index in [9.17, 15) is 0 Å². The summed E-state index contributed by atoms with van der Waals surface area (Å²) in [6.07, 6.45) is 0. The number of benzene rings is 2. The van der Waals surface area contributed by atoms with Gasteiger partial charge < -0.3 is 19.5 Å². The van der Waals surface area contributed by atoms with Crippen LogP contribution in [0.3, 0.4) is 0 Å². The maximum atomic E-state index is 6.21. The Kier molecular flexibility index (Phi) is 8.43. The van der Waals surface area contributed by atoms with Crippen molar-refractivity contribution < 1.29 is 14.2 Å². The van der Waals surface area contributed by atoms with Crippen molar-refractivity contribution >= 4 is 27.5 Å². The standard InChI is InChI=1S/C21H26BrClN2O3/c1-26-20-13-16(14-24-6-7-25-8-10-27-11-9-25)12-18(22)21(20)28-15-17-4-2-3-5-19(17)23/h2-5,12-13,24H,6-11,14-15H2,1H3. The van der Waals surface area contributed by atoms with Crippen molar-refractivity contribution in [3.63, 3.8) is 0 Å². The maximum Gasteiger partial charge on any atom is 0.175 e. The molecule has 1 aliphatic heterocycles. The monoisotopic (exact) mass is 468 g/mol. The second kappa shape index (κ2) is 11.0. The van der Waals surface area contributed by atoms with Crippen LogP contribution in [0.5, 0.6) is 11.5 Å². The number of methoxy groups -OCH3 is 1. The second-order valence-corrected chi connectivity index (χ2v) is 7.88. The van der Waals surface area contributed by atoms with Crippen LogP contribution in [0, 0.1) is 0 Å². The lowest BCUT2D eigenvalue weighted by atomic mass is 10.2. The van der Waals surface area contributed by atoms with Gasteiger partial charge in [-0.05, 0) is 39.7 Å². The molecule has 2 aromatic rings. The fraction of sp³-hybridized carbons (Fsp3) is 0.429. The van der Waals surface area contributed by atoms with Gasteiger partial charge in [0.2, 0.25) is 0 Å². The SMILES string of the molecule is COc1cc(CNCCN2CCOCC2)cc(Br)c1OCc1ccccc1Cl. The van der Waals surface area contributed by atoms with Gasteiger partial charge in [0.1, 0.15) is 6.61 Å². The number of hydrogen-bond donors (Lipinski definition) is 1. The quantitative estimate of drug-likeness (QED) is 0.560. The average molecular weight is 470 g/mol. The van der Waals surface area contributed by atoms with Gasteiger partial charge in [-0.1, -0.05) is 29.8 Å². The third-order valence-corrected chi connectivity index (χ3v) is 5.61. The van der Waals surface area contributed by atoms with Crippen LogP contribution in [0.15, 0.2) is 40.9 Å². The number of halogens is 2. The summed E-state index contributed by atoms with van der Waals surface area (Å²) in [7, 11) is 1.65. The lowest BCUT2D eigenvalue weighted by Crippen LogP contribution is -2.40. The summed E-state index contributed by atoms with van der Waals surface area (Å²) >= 11 is 9.83. The van der Waals surface area contributed by atoms with Crippen LogP contribution in [0.2, 0.25) is 5.02 Å². The normalized spacial score (nSPS) is 14.8. The molecular weight excluding hydrogens is 444 g/mol. The molecule has 1 saturated heterocycles. The lowest BCUT2D eigenvalue weighted by molar-refractivity contribution is 0.0384. The summed E-state index contributed by atoms with van der Waals surface area (Å²) in [6.45, 7) is 6.80. The molecule has 0 saturated carbocycles. The zero-order valence-electron chi connectivity index (χ0n) is 16.0. The highest BCUT2D eigenvalue weighted by atomic mass is 79.9. The van der Waals surface area contributed by atoms with Crippen molar-refractivity contribution in [1.82, 2.24) is 10.2 Å². The molecule has 0 radical (unpaired) electrons. The molecule has 0 aliphatic carbocycles. The number of nitrogens with one attached hydrogen (secondary N) is 1. The van der Waals surface area contributed by atoms with E-state index < -0.39 is 0 Å². The molecule has 28 heavy (non-hydrogen) atoms. The van der Waals surface area contributed by atoms with E-state index in [0.717, 1.165) is 61.5 Å². The largest absolute Gasteiger partial charge is 0.493 e. The Hall–Kier alpha value is -1.31. The molecule has 2 aromatic carbocycles. The highest BCUT2D eigenvalue weighted by Crippen LogP contribution is 2.37. The Morgan fingerprint density at radius 1 is 1.21 bits per heavy atom. The molecule has 0 aromatic heterocycles. The average Bonchev–Trinajstić information content (AvgIpc) is 2.72. The van der Waals surface area contributed by atoms with E-state index in [4.69, 9.17) is 25.8 Å². The molecule has 7 heteroatoms. The first-order valence-corrected chi connectivity index (χ1v) is 10.6. The first-order valence-electron chi connectivity index (χ1n) is 9.41. The van der Waals surface area contributed by atoms with Crippen LogP contribution < -0.4 is 14.8 Å². The van der Waals surface area contributed by atoms with Crippen LogP contribution in [-0.4, -0.2) is 51.4 Å². The molecule has 1 aliphatic rings. The first-order chi connectivity index (χ1) is 13.7. The Morgan fingerprint density at radius 2 is 2.00 bits per heavy atom. The molecule has 1 N–H and O–H groups in total. The number of ether oxygens (including phenoxy) is 3. The van der Waals surface area contributed by atoms with E-state index in [1.165, 1.54) is 0 Å². The molecule has 5 nitrogen and oxygen atoms in total. The van der Waals surface area contributed by atoms with Gasteiger partial charge in [0, 0.05) is 43.3 Å². The predicted octanol–water partition coefficient (Wildman–Crippen LogP) is 4.11. The van der Waals surface area contributed by atoms with Gasteiger partial charge in [-0.15, -0.1) is 0 Å². The molecule has 1 fully saturated rings. The summed E-state index contributed by atoms with van der Waals surface area (Å²) in [5.74, 6) is 1.38. The molecule has 0 amide bonds. The fourth-order valence-electron chi connectivity index (χ4n) is 3.08. The van der Waals surface area contributed by atoms with Gasteiger partial charge in [-0.3, -0.25) is 4.90 Å². The van der Waals surface area contributed by atoms with Crippen LogP contribution in [0.1, 0.15) is 11.1 Å². The van der Waals surface area contributed by atoms with Crippen LogP contribution in [0.25, 0.3) is 0 Å². The molecule has 152 valence electrons. The molecule has 0 bridgehead atoms. The van der Waals surface area contributed by atoms with Crippen molar-refractivity contribution in [2.24, 2.45) is 0 Å². The molecule has 1 heterocycles. The maximum absolute atomic E-state index is 6.21. The number of nitrogens with zero attached hydrogens (tertiary/aromatic N) is 1. The summed E-state index contributed by atoms with van der Waals surface area (Å²) in [5.41, 5.74) is 2.07. The topological polar surface area (TPSA) is 43.0 Å². The van der Waals surface area contributed by atoms with E-state index in [-0.39, 0.29) is 0 Å². The third-order valence-electron chi connectivity index (χ3n) is 4.66. The van der Waals surface area contributed by atoms with Gasteiger partial charge >= 0.3 is 0 Å². The van der Waals surface area contributed by atoms with Crippen molar-refractivity contribution in [3.05, 3.63) is 57.0 Å². The van der Waals surface area contributed by atoms with E-state index in [1.807, 2.05) is 30.3 Å². The van der Waals surface area contributed by atoms with Crippen LogP contribution >= 0.6 is 27.5 Å². The van der Waals surface area contributed by atoms with E-state index >= 15 is 0 Å². The number of hydrogen-bond acceptors (Lipinski definition) is 5. The Labute approximate surface area is 180 Å². The summed E-state index contributed by atoms with van der Waals surface area (Å²) in [4.78, 5) is 2.42. The molecule has 0 atom stereocenters. The predicted molar refractivity (Wildman–Crippen MR) is 115 cm³/mol. The summed E-state index contributed by atoms with van der Waals surface area (Å²) < 4.78 is 17.8. The van der Waals surface area contributed by atoms with Gasteiger partial charge in [0.15, 0.2) is 11.5 Å². The highest BCUT2D eigenvalue weighted by Gasteiger charge is 2.13. The minimum Gasteiger partial charge on any atom is -0.493 e. The van der Waals surface area contributed by atoms with Crippen molar-refractivity contribution in [1.29, 1.82) is 0 Å². The van der Waals surface area contributed by atoms with Gasteiger partial charge in [-0.2, -0.15) is 0 Å². The Balaban J connectivity index is 1.55. The van der Waals surface area contributed by atoms with Crippen molar-refractivity contribution in [3.8, 4) is 11.5 Å². The lowest BCUT2D eigenvalue weighted by Gasteiger charge is -2.26. The van der Waals surface area contributed by atoms with Gasteiger partial charge in [0.25, 0.3) is 0 Å². The third kappa shape index (κ3) is 6.09. The van der Waals surface area contributed by atoms with Crippen molar-refractivity contribution in [2.75, 3.05) is 46.5 Å². The van der Waals surface area contributed by atoms with Gasteiger partial charge in [0.05, 0.1) is 24.8 Å². The number of rotatable bonds is 9. The van der Waals surface area contributed by atoms with Crippen LogP contribution in [0.4, 0.5) is 0 Å². The van der Waals surface area contributed by atoms with Crippen LogP contribution in [-0.2, 0) is 17.9 Å². The zero-order chi connectivity index (χ0) is 19.8. The van der Waals surface area contributed by atoms with E-state index in [1.54, 1.807) is 7.11 Å². The molecule has 0 unspecified atom stereocenters. The zero-order valence-corrected chi connectivity index (χ0v) is 18.4. The Morgan fingerprint density at radius 3 is 2.75 bits per heavy atom. The second-order valence-electron chi connectivity index (χ2n) is 6.62. The van der Waals surface area contributed by atoms with Crippen molar-refractivity contribution in [2.45, 2.75) is 13.2 Å². The minimum absolute atomic E-state index is 0.381. The molecule has 0 spiro atoms. The van der Waals surface area contributed by atoms with E-state index in [0.29, 0.717) is 23.1 Å². The Bertz CT molecular complexity index is 769. The first kappa shape index (κ1) is 21.4. The van der Waals surface area contributed by atoms with E-state index in [2.05, 4.69) is 32.2 Å². The summed E-state index contributed by atoms with van der Waals surface area (Å²) in [5, 5.41) is 4.19. The smallest absolute Gasteiger partial charge is 0.175 e. The summed E-state index contributed by atoms with van der Waals surface area (Å²) in [6, 6.07) is 11.7. The van der Waals surface area contributed by atoms with Gasteiger partial charge in [-0.25, -0.2) is 0 Å². The highest BCUT2D eigenvalue weighted by molar-refractivity contribution is 9.10. The fourth-order valence-corrected chi connectivity index (χ4v) is 3.87.